The zero-order valence-electron chi connectivity index (χ0n) is 7.99. The number of rotatable bonds is 4. The number of aliphatic carboxylic acids is 1. The molecule has 1 atom stereocenters. The third-order valence-corrected chi connectivity index (χ3v) is 2.95. The number of anilines is 1. The van der Waals surface area contributed by atoms with Crippen LogP contribution < -0.4 is 5.32 Å². The smallest absolute Gasteiger partial charge is 0.322 e. The second-order valence-electron chi connectivity index (χ2n) is 2.84. The van der Waals surface area contributed by atoms with E-state index in [0.29, 0.717) is 15.6 Å². The van der Waals surface area contributed by atoms with Gasteiger partial charge in [-0.25, -0.2) is 0 Å². The molecule has 1 aromatic carbocycles. The van der Waals surface area contributed by atoms with E-state index < -0.39 is 16.8 Å². The molecule has 0 radical (unpaired) electrons. The monoisotopic (exact) mass is 247 g/mol. The molecule has 0 aliphatic heterocycles. The number of carbonyl (C=O) groups is 1. The Morgan fingerprint density at radius 2 is 2.27 bits per heavy atom. The van der Waals surface area contributed by atoms with Gasteiger partial charge in [0.15, 0.2) is 0 Å². The lowest BCUT2D eigenvalue weighted by molar-refractivity contribution is -0.134. The van der Waals surface area contributed by atoms with Gasteiger partial charge in [0.25, 0.3) is 0 Å². The summed E-state index contributed by atoms with van der Waals surface area (Å²) in [6, 6.07) is 4.81. The van der Waals surface area contributed by atoms with Gasteiger partial charge >= 0.3 is 5.97 Å². The highest BCUT2D eigenvalue weighted by Crippen LogP contribution is 2.23. The Kier molecular flexibility index (Phi) is 4.11. The fraction of sp³-hybridized carbons (Fsp3) is 0.222. The van der Waals surface area contributed by atoms with E-state index in [1.165, 1.54) is 0 Å². The highest BCUT2D eigenvalue weighted by Gasteiger charge is 2.05. The van der Waals surface area contributed by atoms with Gasteiger partial charge in [-0.2, -0.15) is 0 Å². The standard InChI is InChI=1S/C9H10ClNO3S/c1-15(14)6-2-3-7(10)8(4-6)11-5-9(12)13/h2-4,11H,5H2,1H3,(H,12,13). The molecule has 0 saturated heterocycles. The first-order chi connectivity index (χ1) is 7.00. The summed E-state index contributed by atoms with van der Waals surface area (Å²) in [4.78, 5) is 10.9. The molecule has 0 fully saturated rings. The minimum atomic E-state index is -1.11. The Labute approximate surface area is 94.7 Å². The van der Waals surface area contributed by atoms with Crippen molar-refractivity contribution in [3.05, 3.63) is 23.2 Å². The van der Waals surface area contributed by atoms with Crippen molar-refractivity contribution in [1.29, 1.82) is 0 Å². The molecule has 15 heavy (non-hydrogen) atoms. The molecular formula is C9H10ClNO3S. The molecule has 0 bridgehead atoms. The van der Waals surface area contributed by atoms with Crippen molar-refractivity contribution >= 4 is 34.1 Å². The van der Waals surface area contributed by atoms with Gasteiger partial charge in [0.05, 0.1) is 10.7 Å². The van der Waals surface area contributed by atoms with Gasteiger partial charge in [-0.1, -0.05) is 11.6 Å². The summed E-state index contributed by atoms with van der Waals surface area (Å²) < 4.78 is 11.2. The van der Waals surface area contributed by atoms with Crippen LogP contribution in [0.1, 0.15) is 0 Å². The van der Waals surface area contributed by atoms with E-state index in [0.717, 1.165) is 0 Å². The van der Waals surface area contributed by atoms with Gasteiger partial charge in [0, 0.05) is 22.0 Å². The lowest BCUT2D eigenvalue weighted by Crippen LogP contribution is -2.12. The minimum absolute atomic E-state index is 0.223. The van der Waals surface area contributed by atoms with Gasteiger partial charge in [-0.15, -0.1) is 0 Å². The topological polar surface area (TPSA) is 66.4 Å². The van der Waals surface area contributed by atoms with Gasteiger partial charge in [0.2, 0.25) is 0 Å². The van der Waals surface area contributed by atoms with Crippen molar-refractivity contribution in [1.82, 2.24) is 0 Å². The maximum Gasteiger partial charge on any atom is 0.322 e. The first-order valence-electron chi connectivity index (χ1n) is 4.09. The van der Waals surface area contributed by atoms with E-state index in [1.54, 1.807) is 24.5 Å². The second-order valence-corrected chi connectivity index (χ2v) is 4.63. The number of nitrogens with one attached hydrogen (secondary N) is 1. The van der Waals surface area contributed by atoms with Crippen LogP contribution in [-0.4, -0.2) is 28.1 Å². The van der Waals surface area contributed by atoms with Crippen molar-refractivity contribution in [2.45, 2.75) is 4.90 Å². The highest BCUT2D eigenvalue weighted by atomic mass is 35.5. The number of carboxylic acids is 1. The second kappa shape index (κ2) is 5.14. The third-order valence-electron chi connectivity index (χ3n) is 1.70. The highest BCUT2D eigenvalue weighted by molar-refractivity contribution is 7.84. The molecule has 0 aromatic heterocycles. The number of carboxylic acid groups (broad SMARTS) is 1. The van der Waals surface area contributed by atoms with Gasteiger partial charge in [0.1, 0.15) is 6.54 Å². The number of hydrogen-bond acceptors (Lipinski definition) is 3. The quantitative estimate of drug-likeness (QED) is 0.848. The van der Waals surface area contributed by atoms with Gasteiger partial charge < -0.3 is 10.4 Å². The van der Waals surface area contributed by atoms with Crippen LogP contribution in [0, 0.1) is 0 Å². The fourth-order valence-corrected chi connectivity index (χ4v) is 1.72. The summed E-state index contributed by atoms with van der Waals surface area (Å²) in [5, 5.41) is 11.5. The zero-order valence-corrected chi connectivity index (χ0v) is 9.56. The summed E-state index contributed by atoms with van der Waals surface area (Å²) in [5.41, 5.74) is 0.478. The molecule has 0 heterocycles. The molecule has 6 heteroatoms. The number of hydrogen-bond donors (Lipinski definition) is 2. The SMILES string of the molecule is CS(=O)c1ccc(Cl)c(NCC(=O)O)c1. The van der Waals surface area contributed by atoms with Crippen molar-refractivity contribution in [3.8, 4) is 0 Å². The Morgan fingerprint density at radius 1 is 1.60 bits per heavy atom. The van der Waals surface area contributed by atoms with Crippen molar-refractivity contribution < 1.29 is 14.1 Å². The summed E-state index contributed by atoms with van der Waals surface area (Å²) in [7, 11) is -1.11. The molecule has 1 rings (SSSR count). The molecule has 4 nitrogen and oxygen atoms in total. The van der Waals surface area contributed by atoms with Crippen LogP contribution in [-0.2, 0) is 15.6 Å². The largest absolute Gasteiger partial charge is 0.480 e. The minimum Gasteiger partial charge on any atom is -0.480 e. The summed E-state index contributed by atoms with van der Waals surface area (Å²) in [6.07, 6.45) is 1.55. The van der Waals surface area contributed by atoms with Crippen LogP contribution in [0.4, 0.5) is 5.69 Å². The maximum atomic E-state index is 11.2. The Balaban J connectivity index is 2.90. The van der Waals surface area contributed by atoms with Crippen LogP contribution in [0.25, 0.3) is 0 Å². The lowest BCUT2D eigenvalue weighted by atomic mass is 10.3. The van der Waals surface area contributed by atoms with Crippen LogP contribution in [0.15, 0.2) is 23.1 Å². The molecule has 0 saturated carbocycles. The fourth-order valence-electron chi connectivity index (χ4n) is 0.990. The first kappa shape index (κ1) is 12.0. The zero-order chi connectivity index (χ0) is 11.4. The summed E-state index contributed by atoms with van der Waals surface area (Å²) in [6.45, 7) is -0.223. The van der Waals surface area contributed by atoms with Crippen molar-refractivity contribution in [2.24, 2.45) is 0 Å². The molecule has 0 amide bonds. The van der Waals surface area contributed by atoms with Gasteiger partial charge in [-0.05, 0) is 18.2 Å². The average molecular weight is 248 g/mol. The van der Waals surface area contributed by atoms with E-state index in [-0.39, 0.29) is 6.54 Å². The Hall–Kier alpha value is -1.07. The molecule has 1 unspecified atom stereocenters. The van der Waals surface area contributed by atoms with Crippen molar-refractivity contribution in [2.75, 3.05) is 18.1 Å². The van der Waals surface area contributed by atoms with E-state index >= 15 is 0 Å². The molecule has 0 aliphatic carbocycles. The molecule has 0 aliphatic rings. The van der Waals surface area contributed by atoms with Crippen molar-refractivity contribution in [3.63, 3.8) is 0 Å². The molecule has 82 valence electrons. The lowest BCUT2D eigenvalue weighted by Gasteiger charge is -2.07. The maximum absolute atomic E-state index is 11.2. The third kappa shape index (κ3) is 3.53. The van der Waals surface area contributed by atoms with E-state index in [9.17, 15) is 9.00 Å². The van der Waals surface area contributed by atoms with Crippen LogP contribution in [0.5, 0.6) is 0 Å². The van der Waals surface area contributed by atoms with Crippen LogP contribution in [0.3, 0.4) is 0 Å². The Morgan fingerprint density at radius 3 is 2.80 bits per heavy atom. The van der Waals surface area contributed by atoms with E-state index in [4.69, 9.17) is 16.7 Å². The predicted octanol–water partition coefficient (Wildman–Crippen LogP) is 1.57. The molecule has 2 N–H and O–H groups in total. The van der Waals surface area contributed by atoms with Crippen LogP contribution >= 0.6 is 11.6 Å². The molecular weight excluding hydrogens is 238 g/mol. The predicted molar refractivity (Wildman–Crippen MR) is 59.9 cm³/mol. The van der Waals surface area contributed by atoms with E-state index in [1.807, 2.05) is 0 Å². The van der Waals surface area contributed by atoms with E-state index in [2.05, 4.69) is 5.32 Å². The van der Waals surface area contributed by atoms with Crippen LogP contribution in [0.2, 0.25) is 5.02 Å². The first-order valence-corrected chi connectivity index (χ1v) is 6.03. The molecule has 0 spiro atoms. The summed E-state index contributed by atoms with van der Waals surface area (Å²) >= 11 is 5.83. The number of halogens is 1. The average Bonchev–Trinajstić information content (AvgIpc) is 2.16. The summed E-state index contributed by atoms with van der Waals surface area (Å²) in [5.74, 6) is -0.978. The normalized spacial score (nSPS) is 12.1. The van der Waals surface area contributed by atoms with Gasteiger partial charge in [-0.3, -0.25) is 9.00 Å². The number of benzene rings is 1. The Bertz CT molecular complexity index is 408. The molecule has 1 aromatic rings.